The van der Waals surface area contributed by atoms with Crippen molar-refractivity contribution in [3.63, 3.8) is 0 Å². The van der Waals surface area contributed by atoms with Crippen LogP contribution in [0.1, 0.15) is 84.2 Å². The van der Waals surface area contributed by atoms with E-state index < -0.39 is 30.7 Å². The lowest BCUT2D eigenvalue weighted by molar-refractivity contribution is -0.155. The molecular formula is C43H50F3N9O3. The van der Waals surface area contributed by atoms with E-state index in [4.69, 9.17) is 9.97 Å². The highest BCUT2D eigenvalue weighted by molar-refractivity contribution is 6.05. The van der Waals surface area contributed by atoms with Gasteiger partial charge in [-0.3, -0.25) is 29.5 Å². The molecular weight excluding hydrogens is 748 g/mol. The zero-order valence-electron chi connectivity index (χ0n) is 32.8. The van der Waals surface area contributed by atoms with Crippen molar-refractivity contribution in [2.75, 3.05) is 62.2 Å². The molecule has 0 bridgehead atoms. The van der Waals surface area contributed by atoms with Gasteiger partial charge < -0.3 is 19.7 Å². The van der Waals surface area contributed by atoms with Crippen LogP contribution in [0.15, 0.2) is 54.9 Å². The number of nitrogens with zero attached hydrogens (tertiary/aromatic N) is 7. The second-order valence-electron chi connectivity index (χ2n) is 16.8. The number of hydrogen-bond donors (Lipinski definition) is 2. The summed E-state index contributed by atoms with van der Waals surface area (Å²) in [7, 11) is 0. The van der Waals surface area contributed by atoms with Crippen molar-refractivity contribution in [1.29, 1.82) is 0 Å². The number of piperazine rings is 1. The van der Waals surface area contributed by atoms with Crippen molar-refractivity contribution in [1.82, 2.24) is 35.0 Å². The second kappa shape index (κ2) is 15.6. The summed E-state index contributed by atoms with van der Waals surface area (Å²) in [6.45, 7) is 7.77. The highest BCUT2D eigenvalue weighted by Crippen LogP contribution is 2.42. The summed E-state index contributed by atoms with van der Waals surface area (Å²) in [6.07, 6.45) is 4.65. The number of carbonyl (C=O) groups excluding carboxylic acids is 3. The molecule has 0 radical (unpaired) electrons. The number of aromatic amines is 1. The Morgan fingerprint density at radius 3 is 2.40 bits per heavy atom. The number of rotatable bonds is 9. The molecule has 12 nitrogen and oxygen atoms in total. The molecule has 5 aliphatic rings. The van der Waals surface area contributed by atoms with Crippen molar-refractivity contribution in [3.8, 4) is 0 Å². The standard InChI is InChI=1S/C43H50F3N9O3/c1-27-21-34-33-6-2-3-7-35(33)49-38(34)39(55(27)26-43(44,45)46)30-23-47-42(48-24-30)53-15-12-28(13-16-53)5-4-14-51-17-19-52(20-18-51)31-8-9-32-29(22-31)25-54(41(32)58)36-10-11-37(56)50-40(36)57/h2-3,6-9,22-24,27-28,36,39,49H,4-5,10-21,25-26H2,1H3,(H,50,56,57)/t27-,36?,39-/m1/s1. The number of nitrogens with one attached hydrogen (secondary N) is 2. The van der Waals surface area contributed by atoms with Gasteiger partial charge in [-0.1, -0.05) is 18.2 Å². The van der Waals surface area contributed by atoms with Gasteiger partial charge in [0.05, 0.1) is 12.6 Å². The lowest BCUT2D eigenvalue weighted by atomic mass is 9.89. The van der Waals surface area contributed by atoms with Gasteiger partial charge in [0.2, 0.25) is 17.8 Å². The van der Waals surface area contributed by atoms with E-state index >= 15 is 0 Å². The topological polar surface area (TPSA) is 121 Å². The minimum Gasteiger partial charge on any atom is -0.369 e. The average molecular weight is 798 g/mol. The van der Waals surface area contributed by atoms with E-state index in [1.54, 1.807) is 17.3 Å². The summed E-state index contributed by atoms with van der Waals surface area (Å²) in [5, 5.41) is 3.42. The van der Waals surface area contributed by atoms with Crippen molar-refractivity contribution < 1.29 is 27.6 Å². The molecule has 5 aliphatic heterocycles. The number of alkyl halides is 3. The van der Waals surface area contributed by atoms with Gasteiger partial charge >= 0.3 is 6.18 Å². The van der Waals surface area contributed by atoms with Crippen molar-refractivity contribution >= 4 is 40.3 Å². The first-order valence-electron chi connectivity index (χ1n) is 20.7. The Bertz CT molecular complexity index is 2180. The van der Waals surface area contributed by atoms with Gasteiger partial charge in [0.1, 0.15) is 6.04 Å². The maximum atomic E-state index is 13.9. The first-order chi connectivity index (χ1) is 28.0. The number of para-hydroxylation sites is 1. The first-order valence-corrected chi connectivity index (χ1v) is 20.7. The van der Waals surface area contributed by atoms with Crippen LogP contribution in [0.4, 0.5) is 24.8 Å². The van der Waals surface area contributed by atoms with Crippen molar-refractivity contribution in [2.45, 2.75) is 82.7 Å². The number of anilines is 2. The van der Waals surface area contributed by atoms with Crippen LogP contribution in [0.5, 0.6) is 0 Å². The number of H-pyrrole nitrogens is 1. The van der Waals surface area contributed by atoms with Gasteiger partial charge in [0, 0.05) is 104 Å². The maximum Gasteiger partial charge on any atom is 0.401 e. The molecule has 3 amide bonds. The number of amides is 3. The maximum absolute atomic E-state index is 13.9. The lowest BCUT2D eigenvalue weighted by Crippen LogP contribution is -2.52. The van der Waals surface area contributed by atoms with Gasteiger partial charge in [0.15, 0.2) is 0 Å². The van der Waals surface area contributed by atoms with Crippen LogP contribution in [-0.2, 0) is 22.6 Å². The molecule has 2 aromatic carbocycles. The molecule has 3 saturated heterocycles. The summed E-state index contributed by atoms with van der Waals surface area (Å²) in [4.78, 5) is 60.3. The zero-order chi connectivity index (χ0) is 40.1. The predicted octanol–water partition coefficient (Wildman–Crippen LogP) is 5.44. The Labute approximate surface area is 335 Å². The number of benzene rings is 2. The van der Waals surface area contributed by atoms with E-state index in [0.29, 0.717) is 42.4 Å². The van der Waals surface area contributed by atoms with E-state index in [1.807, 2.05) is 43.3 Å². The molecule has 7 heterocycles. The third kappa shape index (κ3) is 7.66. The second-order valence-corrected chi connectivity index (χ2v) is 16.8. The summed E-state index contributed by atoms with van der Waals surface area (Å²) in [5.74, 6) is 0.434. The molecule has 3 fully saturated rings. The van der Waals surface area contributed by atoms with Crippen LogP contribution in [0.3, 0.4) is 0 Å². The summed E-state index contributed by atoms with van der Waals surface area (Å²) in [6, 6.07) is 12.3. The Kier molecular flexibility index (Phi) is 10.4. The normalized spacial score (nSPS) is 23.8. The van der Waals surface area contributed by atoms with E-state index in [1.165, 1.54) is 4.90 Å². The van der Waals surface area contributed by atoms with E-state index in [2.05, 4.69) is 31.1 Å². The molecule has 2 N–H and O–H groups in total. The first kappa shape index (κ1) is 38.5. The number of fused-ring (bicyclic) bond motifs is 4. The van der Waals surface area contributed by atoms with Crippen LogP contribution in [0, 0.1) is 5.92 Å². The predicted molar refractivity (Wildman–Crippen MR) is 213 cm³/mol. The fourth-order valence-electron chi connectivity index (χ4n) is 9.97. The molecule has 4 aromatic rings. The Hall–Kier alpha value is -5.02. The average Bonchev–Trinajstić information content (AvgIpc) is 3.74. The van der Waals surface area contributed by atoms with E-state index in [9.17, 15) is 27.6 Å². The van der Waals surface area contributed by atoms with Gasteiger partial charge in [-0.25, -0.2) is 9.97 Å². The minimum absolute atomic E-state index is 0.148. The molecule has 0 spiro atoms. The molecule has 9 rings (SSSR count). The highest BCUT2D eigenvalue weighted by Gasteiger charge is 2.43. The van der Waals surface area contributed by atoms with Gasteiger partial charge in [-0.05, 0) is 93.3 Å². The van der Waals surface area contributed by atoms with Crippen LogP contribution < -0.4 is 15.1 Å². The Morgan fingerprint density at radius 2 is 1.66 bits per heavy atom. The van der Waals surface area contributed by atoms with Crippen LogP contribution in [0.2, 0.25) is 0 Å². The van der Waals surface area contributed by atoms with Crippen LogP contribution in [0.25, 0.3) is 10.9 Å². The number of hydrogen-bond acceptors (Lipinski definition) is 9. The molecule has 1 unspecified atom stereocenters. The molecule has 306 valence electrons. The molecule has 0 saturated carbocycles. The fourth-order valence-corrected chi connectivity index (χ4v) is 9.97. The number of carbonyl (C=O) groups is 3. The smallest absolute Gasteiger partial charge is 0.369 e. The van der Waals surface area contributed by atoms with E-state index in [-0.39, 0.29) is 24.3 Å². The van der Waals surface area contributed by atoms with Gasteiger partial charge in [-0.15, -0.1) is 0 Å². The fraction of sp³-hybridized carbons (Fsp3) is 0.512. The van der Waals surface area contributed by atoms with Crippen LogP contribution in [-0.4, -0.2) is 118 Å². The number of aromatic nitrogens is 3. The molecule has 58 heavy (non-hydrogen) atoms. The van der Waals surface area contributed by atoms with Gasteiger partial charge in [-0.2, -0.15) is 13.2 Å². The quantitative estimate of drug-likeness (QED) is 0.214. The van der Waals surface area contributed by atoms with Crippen molar-refractivity contribution in [3.05, 3.63) is 82.8 Å². The molecule has 2 aromatic heterocycles. The van der Waals surface area contributed by atoms with Crippen molar-refractivity contribution in [2.24, 2.45) is 5.92 Å². The minimum atomic E-state index is -4.34. The largest absolute Gasteiger partial charge is 0.401 e. The lowest BCUT2D eigenvalue weighted by Gasteiger charge is -2.41. The summed E-state index contributed by atoms with van der Waals surface area (Å²) < 4.78 is 41.6. The number of halogens is 3. The molecule has 15 heteroatoms. The number of piperidine rings is 2. The van der Waals surface area contributed by atoms with E-state index in [0.717, 1.165) is 105 Å². The van der Waals surface area contributed by atoms with Gasteiger partial charge in [0.25, 0.3) is 5.91 Å². The Balaban J connectivity index is 0.745. The molecule has 0 aliphatic carbocycles. The SMILES string of the molecule is C[C@@H]1Cc2c([nH]c3ccccc23)[C@@H](c2cnc(N3CCC(CCCN4CCN(c5ccc6c(c5)CN(C5CCC(=O)NC5=O)C6=O)CC4)CC3)nc2)N1CC(F)(F)F. The number of imide groups is 1. The third-order valence-electron chi connectivity index (χ3n) is 13.1. The Morgan fingerprint density at radius 1 is 0.897 bits per heavy atom. The third-order valence-corrected chi connectivity index (χ3v) is 13.1. The monoisotopic (exact) mass is 797 g/mol. The molecule has 3 atom stereocenters. The highest BCUT2D eigenvalue weighted by atomic mass is 19.4. The summed E-state index contributed by atoms with van der Waals surface area (Å²) >= 11 is 0. The summed E-state index contributed by atoms with van der Waals surface area (Å²) in [5.41, 5.74) is 6.11. The zero-order valence-corrected chi connectivity index (χ0v) is 32.8. The van der Waals surface area contributed by atoms with Crippen LogP contribution >= 0.6 is 0 Å².